The molecule has 1 unspecified atom stereocenters. The van der Waals surface area contributed by atoms with Gasteiger partial charge in [-0.3, -0.25) is 0 Å². The van der Waals surface area contributed by atoms with Crippen molar-refractivity contribution in [3.05, 3.63) is 188 Å². The van der Waals surface area contributed by atoms with Crippen molar-refractivity contribution in [1.29, 1.82) is 0 Å². The van der Waals surface area contributed by atoms with Crippen molar-refractivity contribution in [3.63, 3.8) is 0 Å². The molecule has 1 atom stereocenters. The summed E-state index contributed by atoms with van der Waals surface area (Å²) in [5.41, 5.74) is 3.20. The number of nitrogens with zero attached hydrogens (tertiary/aromatic N) is 2. The smallest absolute Gasteiger partial charge is 0.119 e. The molecule has 0 aromatic heterocycles. The van der Waals surface area contributed by atoms with Crippen LogP contribution < -0.4 is 25.6 Å². The van der Waals surface area contributed by atoms with Gasteiger partial charge < -0.3 is 14.5 Å². The molecule has 0 spiro atoms. The van der Waals surface area contributed by atoms with E-state index in [0.29, 0.717) is 6.61 Å². The van der Waals surface area contributed by atoms with Gasteiger partial charge in [-0.25, -0.2) is 0 Å². The lowest BCUT2D eigenvalue weighted by Crippen LogP contribution is -2.54. The normalized spacial score (nSPS) is 13.2. The van der Waals surface area contributed by atoms with E-state index in [1.807, 2.05) is 6.08 Å². The van der Waals surface area contributed by atoms with Crippen molar-refractivity contribution in [1.82, 2.24) is 4.90 Å². The first-order chi connectivity index (χ1) is 25.5. The maximum atomic E-state index is 6.15. The van der Waals surface area contributed by atoms with Crippen LogP contribution >= 0.6 is 7.26 Å². The lowest BCUT2D eigenvalue weighted by Gasteiger charge is -2.51. The van der Waals surface area contributed by atoms with Crippen LogP contribution in [0.2, 0.25) is 0 Å². The fraction of sp³-hybridized carbons (Fsp3) is 0.265. The monoisotopic (exact) mass is 721 g/mol. The number of ether oxygens (including phenoxy) is 1. The van der Waals surface area contributed by atoms with Crippen LogP contribution in [-0.2, 0) is 0 Å². The summed E-state index contributed by atoms with van der Waals surface area (Å²) < 4.78 is 6.15. The van der Waals surface area contributed by atoms with Crippen LogP contribution in [0.5, 0.6) is 5.75 Å². The van der Waals surface area contributed by atoms with E-state index in [1.54, 1.807) is 0 Å². The van der Waals surface area contributed by atoms with Crippen LogP contribution in [0.4, 0.5) is 5.69 Å². The lowest BCUT2D eigenvalue weighted by molar-refractivity contribution is 0.261. The van der Waals surface area contributed by atoms with Crippen LogP contribution in [0.3, 0.4) is 0 Å². The molecule has 0 aliphatic carbocycles. The van der Waals surface area contributed by atoms with Crippen molar-refractivity contribution < 1.29 is 4.74 Å². The van der Waals surface area contributed by atoms with Crippen LogP contribution in [-0.4, -0.2) is 42.8 Å². The molecule has 0 radical (unpaired) electrons. The number of rotatable bonds is 17. The second-order valence-electron chi connectivity index (χ2n) is 15.2. The second-order valence-corrected chi connectivity index (χ2v) is 19.3. The molecule has 4 heteroatoms. The van der Waals surface area contributed by atoms with E-state index < -0.39 is 7.26 Å². The van der Waals surface area contributed by atoms with Crippen LogP contribution in [0.1, 0.15) is 52.6 Å². The first-order valence-corrected chi connectivity index (χ1v) is 20.6. The van der Waals surface area contributed by atoms with Crippen molar-refractivity contribution >= 4 is 28.9 Å². The molecule has 0 aliphatic rings. The molecule has 53 heavy (non-hydrogen) atoms. The van der Waals surface area contributed by atoms with Gasteiger partial charge in [0.2, 0.25) is 0 Å². The molecular formula is C49H58N2OP+. The Morgan fingerprint density at radius 2 is 1.17 bits per heavy atom. The average Bonchev–Trinajstić information content (AvgIpc) is 3.15. The zero-order chi connectivity index (χ0) is 37.9. The van der Waals surface area contributed by atoms with E-state index in [2.05, 4.69) is 229 Å². The highest BCUT2D eigenvalue weighted by Crippen LogP contribution is 2.68. The quantitative estimate of drug-likeness (QED) is 0.0702. The van der Waals surface area contributed by atoms with Gasteiger partial charge in [0, 0.05) is 24.2 Å². The summed E-state index contributed by atoms with van der Waals surface area (Å²) in [4.78, 5) is 4.79. The van der Waals surface area contributed by atoms with Crippen LogP contribution in [0.25, 0.3) is 0 Å². The first-order valence-electron chi connectivity index (χ1n) is 18.8. The molecule has 0 heterocycles. The molecule has 0 fully saturated rings. The third kappa shape index (κ3) is 8.93. The summed E-state index contributed by atoms with van der Waals surface area (Å²) >= 11 is 0. The summed E-state index contributed by atoms with van der Waals surface area (Å²) in [7, 11) is 1.88. The Morgan fingerprint density at radius 1 is 0.698 bits per heavy atom. The molecule has 5 rings (SSSR count). The highest BCUT2D eigenvalue weighted by atomic mass is 31.2. The second kappa shape index (κ2) is 17.9. The minimum Gasteiger partial charge on any atom is -0.492 e. The van der Waals surface area contributed by atoms with Gasteiger partial charge in [0.1, 0.15) is 35.5 Å². The number of para-hydroxylation sites is 1. The molecule has 0 amide bonds. The highest BCUT2D eigenvalue weighted by Gasteiger charge is 2.59. The lowest BCUT2D eigenvalue weighted by atomic mass is 9.84. The predicted octanol–water partition coefficient (Wildman–Crippen LogP) is 10.8. The predicted molar refractivity (Wildman–Crippen MR) is 233 cm³/mol. The molecule has 3 nitrogen and oxygen atoms in total. The number of hydrogen-bond acceptors (Lipinski definition) is 3. The average molecular weight is 722 g/mol. The Bertz CT molecular complexity index is 1820. The van der Waals surface area contributed by atoms with E-state index in [-0.39, 0.29) is 16.7 Å². The van der Waals surface area contributed by atoms with Crippen molar-refractivity contribution in [3.8, 4) is 5.75 Å². The van der Waals surface area contributed by atoms with Crippen molar-refractivity contribution in [2.24, 2.45) is 0 Å². The van der Waals surface area contributed by atoms with E-state index in [9.17, 15) is 0 Å². The first kappa shape index (κ1) is 39.5. The summed E-state index contributed by atoms with van der Waals surface area (Å²) in [6, 6.07) is 53.4. The van der Waals surface area contributed by atoms with Gasteiger partial charge >= 0.3 is 0 Å². The Hall–Kier alpha value is -4.69. The highest BCUT2D eigenvalue weighted by molar-refractivity contribution is 7.96. The summed E-state index contributed by atoms with van der Waals surface area (Å²) in [5.74, 6) is 0.879. The maximum Gasteiger partial charge on any atom is 0.119 e. The topological polar surface area (TPSA) is 15.7 Å². The molecule has 0 bridgehead atoms. The Labute approximate surface area is 320 Å². The van der Waals surface area contributed by atoms with Crippen LogP contribution in [0, 0.1) is 0 Å². The third-order valence-corrected chi connectivity index (χ3v) is 15.3. The van der Waals surface area contributed by atoms with E-state index in [1.165, 1.54) is 32.7 Å². The number of benzene rings is 5. The number of likely N-dealkylation sites (N-methyl/N-ethyl adjacent to an activating group) is 1. The zero-order valence-electron chi connectivity index (χ0n) is 32.8. The minimum atomic E-state index is -2.25. The fourth-order valence-electron chi connectivity index (χ4n) is 8.30. The van der Waals surface area contributed by atoms with E-state index in [4.69, 9.17) is 4.74 Å². The van der Waals surface area contributed by atoms with Gasteiger partial charge in [-0.2, -0.15) is 0 Å². The molecular weight excluding hydrogens is 664 g/mol. The molecule has 0 N–H and O–H groups in total. The van der Waals surface area contributed by atoms with E-state index >= 15 is 0 Å². The Morgan fingerprint density at radius 3 is 1.60 bits per heavy atom. The molecule has 0 saturated heterocycles. The standard InChI is InChI=1S/C49H58N2OP/c1-9-23-40(24-10-2)47(41-33-35-43(36-34-41)52-38-37-50(7)8)51(42-25-15-11-16-26-42)48(3,4)39-49(5,6)53(44-27-17-12-18-28-44,45-29-19-13-20-30-45)46-31-21-14-22-32-46/h9-36,47H,1,37-39H2,2-8H3/q+1/b24-10-,40-23+. The molecule has 0 saturated carbocycles. The van der Waals surface area contributed by atoms with Gasteiger partial charge in [-0.05, 0) is 121 Å². The zero-order valence-corrected chi connectivity index (χ0v) is 33.7. The fourth-order valence-corrected chi connectivity index (χ4v) is 13.8. The van der Waals surface area contributed by atoms with Gasteiger partial charge in [0.15, 0.2) is 0 Å². The van der Waals surface area contributed by atoms with Crippen molar-refractivity contribution in [2.75, 3.05) is 32.1 Å². The van der Waals surface area contributed by atoms with Gasteiger partial charge in [0.25, 0.3) is 0 Å². The number of hydrogen-bond donors (Lipinski definition) is 0. The Kier molecular flexibility index (Phi) is 13.3. The minimum absolute atomic E-state index is 0.105. The summed E-state index contributed by atoms with van der Waals surface area (Å²) in [6.45, 7) is 17.7. The van der Waals surface area contributed by atoms with Gasteiger partial charge in [0.05, 0.1) is 11.2 Å². The van der Waals surface area contributed by atoms with E-state index in [0.717, 1.165) is 18.7 Å². The molecule has 5 aromatic rings. The summed E-state index contributed by atoms with van der Waals surface area (Å²) in [6.07, 6.45) is 9.36. The SMILES string of the molecule is C=C/C=C(\C=C/C)C(c1ccc(OCCN(C)C)cc1)N(c1ccccc1)C(C)(C)CC(C)(C)[P+](c1ccccc1)(c1ccccc1)c1ccccc1. The molecule has 274 valence electrons. The Balaban J connectivity index is 1.72. The van der Waals surface area contributed by atoms with Gasteiger partial charge in [-0.15, -0.1) is 0 Å². The largest absolute Gasteiger partial charge is 0.492 e. The number of anilines is 1. The summed E-state index contributed by atoms with van der Waals surface area (Å²) in [5, 5.41) is 4.00. The van der Waals surface area contributed by atoms with Crippen molar-refractivity contribution in [2.45, 2.75) is 57.8 Å². The molecule has 0 aliphatic heterocycles. The third-order valence-electron chi connectivity index (χ3n) is 10.1. The number of allylic oxidation sites excluding steroid dienone is 3. The molecule has 5 aromatic carbocycles. The van der Waals surface area contributed by atoms with Gasteiger partial charge in [-0.1, -0.05) is 116 Å². The maximum absolute atomic E-state index is 6.15. The van der Waals surface area contributed by atoms with Crippen LogP contribution in [0.15, 0.2) is 182 Å².